The molecule has 0 bridgehead atoms. The van der Waals surface area contributed by atoms with E-state index in [1.165, 1.54) is 47.0 Å². The molecule has 0 saturated carbocycles. The summed E-state index contributed by atoms with van der Waals surface area (Å²) in [6, 6.07) is 8.61. The minimum atomic E-state index is -1.10. The van der Waals surface area contributed by atoms with Gasteiger partial charge in [-0.2, -0.15) is 0 Å². The number of aromatic carboxylic acids is 1. The molecular formula is C14H13FN2O3. The molecule has 1 amide bonds. The van der Waals surface area contributed by atoms with Crippen molar-refractivity contribution in [3.8, 4) is 0 Å². The van der Waals surface area contributed by atoms with E-state index >= 15 is 0 Å². The minimum absolute atomic E-state index is 0.0333. The summed E-state index contributed by atoms with van der Waals surface area (Å²) in [5.74, 6) is -1.88. The number of amides is 1. The van der Waals surface area contributed by atoms with Crippen molar-refractivity contribution in [3.63, 3.8) is 0 Å². The average molecular weight is 276 g/mol. The number of benzene rings is 1. The average Bonchev–Trinajstić information content (AvgIpc) is 2.86. The van der Waals surface area contributed by atoms with E-state index in [9.17, 15) is 14.0 Å². The first kappa shape index (κ1) is 13.8. The van der Waals surface area contributed by atoms with Crippen molar-refractivity contribution in [3.05, 3.63) is 54.1 Å². The van der Waals surface area contributed by atoms with E-state index in [1.807, 2.05) is 0 Å². The summed E-state index contributed by atoms with van der Waals surface area (Å²) < 4.78 is 14.5. The first-order valence-electron chi connectivity index (χ1n) is 5.89. The SMILES string of the molecule is CN(C(=O)Cn1cccc1C(=O)O)c1cccc(F)c1. The van der Waals surface area contributed by atoms with Gasteiger partial charge in [0.05, 0.1) is 0 Å². The molecule has 1 aromatic heterocycles. The zero-order valence-corrected chi connectivity index (χ0v) is 10.8. The van der Waals surface area contributed by atoms with Gasteiger partial charge in [0, 0.05) is 18.9 Å². The Balaban J connectivity index is 2.16. The molecule has 0 fully saturated rings. The highest BCUT2D eigenvalue weighted by Crippen LogP contribution is 2.15. The lowest BCUT2D eigenvalue weighted by atomic mass is 10.3. The van der Waals surface area contributed by atoms with Crippen LogP contribution < -0.4 is 4.90 Å². The van der Waals surface area contributed by atoms with Crippen molar-refractivity contribution in [1.82, 2.24) is 4.57 Å². The van der Waals surface area contributed by atoms with Crippen LogP contribution >= 0.6 is 0 Å². The first-order valence-corrected chi connectivity index (χ1v) is 5.89. The van der Waals surface area contributed by atoms with Crippen LogP contribution in [-0.4, -0.2) is 28.6 Å². The molecule has 0 saturated heterocycles. The third-order valence-corrected chi connectivity index (χ3v) is 2.92. The van der Waals surface area contributed by atoms with Crippen LogP contribution in [0.4, 0.5) is 10.1 Å². The van der Waals surface area contributed by atoms with Gasteiger partial charge < -0.3 is 14.6 Å². The molecule has 2 rings (SSSR count). The maximum atomic E-state index is 13.1. The molecule has 1 N–H and O–H groups in total. The second kappa shape index (κ2) is 5.56. The Hall–Kier alpha value is -2.63. The lowest BCUT2D eigenvalue weighted by molar-refractivity contribution is -0.118. The Morgan fingerprint density at radius 1 is 1.30 bits per heavy atom. The molecule has 0 radical (unpaired) electrons. The van der Waals surface area contributed by atoms with Crippen LogP contribution in [0.3, 0.4) is 0 Å². The number of hydrogen-bond acceptors (Lipinski definition) is 2. The summed E-state index contributed by atoms with van der Waals surface area (Å²) in [4.78, 5) is 24.3. The highest BCUT2D eigenvalue weighted by Gasteiger charge is 2.15. The van der Waals surface area contributed by atoms with Crippen molar-refractivity contribution in [2.75, 3.05) is 11.9 Å². The molecule has 0 aliphatic rings. The molecule has 20 heavy (non-hydrogen) atoms. The fourth-order valence-corrected chi connectivity index (χ4v) is 1.83. The lowest BCUT2D eigenvalue weighted by Gasteiger charge is -2.18. The number of nitrogens with zero attached hydrogens (tertiary/aromatic N) is 2. The van der Waals surface area contributed by atoms with Gasteiger partial charge in [-0.25, -0.2) is 9.18 Å². The van der Waals surface area contributed by atoms with E-state index in [0.717, 1.165) is 0 Å². The maximum Gasteiger partial charge on any atom is 0.352 e. The number of likely N-dealkylation sites (N-methyl/N-ethyl adjacent to an activating group) is 1. The standard InChI is InChI=1S/C14H13FN2O3/c1-16(11-5-2-4-10(15)8-11)13(18)9-17-7-3-6-12(17)14(19)20/h2-8H,9H2,1H3,(H,19,20). The van der Waals surface area contributed by atoms with E-state index in [4.69, 9.17) is 5.11 Å². The Morgan fingerprint density at radius 2 is 2.05 bits per heavy atom. The normalized spacial score (nSPS) is 10.3. The van der Waals surface area contributed by atoms with Crippen LogP contribution in [0.1, 0.15) is 10.5 Å². The topological polar surface area (TPSA) is 62.5 Å². The molecule has 5 nitrogen and oxygen atoms in total. The van der Waals surface area contributed by atoms with E-state index < -0.39 is 11.8 Å². The molecule has 6 heteroatoms. The Kier molecular flexibility index (Phi) is 3.84. The molecule has 0 aliphatic heterocycles. The van der Waals surface area contributed by atoms with Crippen molar-refractivity contribution in [2.45, 2.75) is 6.54 Å². The molecule has 0 atom stereocenters. The number of carboxylic acids is 1. The van der Waals surface area contributed by atoms with E-state index in [1.54, 1.807) is 12.1 Å². The quantitative estimate of drug-likeness (QED) is 0.928. The van der Waals surface area contributed by atoms with Crippen LogP contribution in [0.25, 0.3) is 0 Å². The number of carbonyl (C=O) groups is 2. The molecule has 0 aliphatic carbocycles. The number of aromatic nitrogens is 1. The van der Waals surface area contributed by atoms with Gasteiger partial charge >= 0.3 is 5.97 Å². The molecule has 104 valence electrons. The van der Waals surface area contributed by atoms with Gasteiger partial charge in [0.25, 0.3) is 0 Å². The van der Waals surface area contributed by atoms with Crippen molar-refractivity contribution < 1.29 is 19.1 Å². The number of carbonyl (C=O) groups excluding carboxylic acids is 1. The van der Waals surface area contributed by atoms with Crippen molar-refractivity contribution >= 4 is 17.6 Å². The Bertz CT molecular complexity index is 651. The molecule has 1 aromatic carbocycles. The van der Waals surface area contributed by atoms with Crippen LogP contribution in [0.5, 0.6) is 0 Å². The molecular weight excluding hydrogens is 263 g/mol. The van der Waals surface area contributed by atoms with Gasteiger partial charge in [0.15, 0.2) is 0 Å². The van der Waals surface area contributed by atoms with Gasteiger partial charge in [0.1, 0.15) is 18.1 Å². The van der Waals surface area contributed by atoms with Crippen molar-refractivity contribution in [2.24, 2.45) is 0 Å². The van der Waals surface area contributed by atoms with E-state index in [0.29, 0.717) is 5.69 Å². The number of carboxylic acid groups (broad SMARTS) is 1. The summed E-state index contributed by atoms with van der Waals surface area (Å²) in [5.41, 5.74) is 0.449. The third-order valence-electron chi connectivity index (χ3n) is 2.92. The summed E-state index contributed by atoms with van der Waals surface area (Å²) in [6.45, 7) is -0.123. The fraction of sp³-hybridized carbons (Fsp3) is 0.143. The fourth-order valence-electron chi connectivity index (χ4n) is 1.83. The van der Waals surface area contributed by atoms with Crippen LogP contribution in [0.15, 0.2) is 42.6 Å². The second-order valence-electron chi connectivity index (χ2n) is 4.26. The van der Waals surface area contributed by atoms with Crippen molar-refractivity contribution in [1.29, 1.82) is 0 Å². The summed E-state index contributed by atoms with van der Waals surface area (Å²) in [7, 11) is 1.51. The largest absolute Gasteiger partial charge is 0.477 e. The number of rotatable bonds is 4. The number of anilines is 1. The Morgan fingerprint density at radius 3 is 2.70 bits per heavy atom. The Labute approximate surface area is 114 Å². The van der Waals surface area contributed by atoms with Crippen LogP contribution in [0.2, 0.25) is 0 Å². The molecule has 0 spiro atoms. The van der Waals surface area contributed by atoms with Gasteiger partial charge in [-0.1, -0.05) is 6.07 Å². The molecule has 0 unspecified atom stereocenters. The molecule has 1 heterocycles. The van der Waals surface area contributed by atoms with Crippen LogP contribution in [0, 0.1) is 5.82 Å². The van der Waals surface area contributed by atoms with Gasteiger partial charge in [-0.3, -0.25) is 4.79 Å². The second-order valence-corrected chi connectivity index (χ2v) is 4.26. The number of hydrogen-bond donors (Lipinski definition) is 1. The molecule has 2 aromatic rings. The monoisotopic (exact) mass is 276 g/mol. The highest BCUT2D eigenvalue weighted by atomic mass is 19.1. The predicted octanol–water partition coefficient (Wildman–Crippen LogP) is 1.99. The summed E-state index contributed by atoms with van der Waals surface area (Å²) in [6.07, 6.45) is 1.51. The number of halogens is 1. The predicted molar refractivity (Wildman–Crippen MR) is 71.2 cm³/mol. The zero-order chi connectivity index (χ0) is 14.7. The maximum absolute atomic E-state index is 13.1. The first-order chi connectivity index (χ1) is 9.49. The summed E-state index contributed by atoms with van der Waals surface area (Å²) >= 11 is 0. The lowest BCUT2D eigenvalue weighted by Crippen LogP contribution is -2.30. The third kappa shape index (κ3) is 2.85. The minimum Gasteiger partial charge on any atom is -0.477 e. The van der Waals surface area contributed by atoms with Gasteiger partial charge in [-0.05, 0) is 30.3 Å². The van der Waals surface area contributed by atoms with E-state index in [-0.39, 0.29) is 18.1 Å². The smallest absolute Gasteiger partial charge is 0.352 e. The van der Waals surface area contributed by atoms with Crippen LogP contribution in [-0.2, 0) is 11.3 Å². The van der Waals surface area contributed by atoms with E-state index in [2.05, 4.69) is 0 Å². The summed E-state index contributed by atoms with van der Waals surface area (Å²) in [5, 5.41) is 8.96. The van der Waals surface area contributed by atoms with Gasteiger partial charge in [0.2, 0.25) is 5.91 Å². The highest BCUT2D eigenvalue weighted by molar-refractivity contribution is 5.93. The zero-order valence-electron chi connectivity index (χ0n) is 10.8. The van der Waals surface area contributed by atoms with Gasteiger partial charge in [-0.15, -0.1) is 0 Å².